The fraction of sp³-hybridized carbons (Fsp3) is 0.923. The van der Waals surface area contributed by atoms with Gasteiger partial charge in [0.15, 0.2) is 0 Å². The Morgan fingerprint density at radius 3 is 2.12 bits per heavy atom. The first-order valence-corrected chi connectivity index (χ1v) is 6.82. The van der Waals surface area contributed by atoms with E-state index in [2.05, 4.69) is 11.9 Å². The predicted octanol–water partition coefficient (Wildman–Crippen LogP) is 1.21. The Bertz CT molecular complexity index is 219. The zero-order chi connectivity index (χ0) is 12.7. The van der Waals surface area contributed by atoms with Crippen molar-refractivity contribution in [3.8, 4) is 0 Å². The topological polar surface area (TPSA) is 32.8 Å². The molecule has 4 nitrogen and oxygen atoms in total. The second-order valence-electron chi connectivity index (χ2n) is 4.52. The summed E-state index contributed by atoms with van der Waals surface area (Å²) in [5.41, 5.74) is 0. The van der Waals surface area contributed by atoms with Crippen molar-refractivity contribution in [1.82, 2.24) is 9.80 Å². The third-order valence-corrected chi connectivity index (χ3v) is 3.39. The number of carbonyl (C=O) groups is 1. The summed E-state index contributed by atoms with van der Waals surface area (Å²) in [6.07, 6.45) is 2.04. The maximum atomic E-state index is 12.1. The maximum absolute atomic E-state index is 12.1. The highest BCUT2D eigenvalue weighted by atomic mass is 16.5. The molecule has 0 bridgehead atoms. The highest BCUT2D eigenvalue weighted by molar-refractivity contribution is 5.79. The van der Waals surface area contributed by atoms with Crippen LogP contribution in [0.2, 0.25) is 0 Å². The van der Waals surface area contributed by atoms with Crippen LogP contribution in [0.5, 0.6) is 0 Å². The van der Waals surface area contributed by atoms with Crippen LogP contribution in [-0.2, 0) is 9.53 Å². The van der Waals surface area contributed by atoms with Crippen LogP contribution in [0.3, 0.4) is 0 Å². The van der Waals surface area contributed by atoms with E-state index in [0.717, 1.165) is 39.0 Å². The molecule has 0 unspecified atom stereocenters. The third kappa shape index (κ3) is 4.28. The molecule has 2 aliphatic heterocycles. The summed E-state index contributed by atoms with van der Waals surface area (Å²) in [6, 6.07) is 0. The lowest BCUT2D eigenvalue weighted by Gasteiger charge is -2.34. The van der Waals surface area contributed by atoms with E-state index in [1.54, 1.807) is 0 Å². The fourth-order valence-electron chi connectivity index (χ4n) is 2.30. The minimum Gasteiger partial charge on any atom is -0.378 e. The van der Waals surface area contributed by atoms with Gasteiger partial charge in [-0.05, 0) is 33.0 Å². The van der Waals surface area contributed by atoms with Crippen molar-refractivity contribution in [2.45, 2.75) is 26.7 Å². The molecule has 17 heavy (non-hydrogen) atoms. The van der Waals surface area contributed by atoms with E-state index in [0.29, 0.717) is 19.1 Å². The number of ether oxygens (including phenoxy) is 1. The van der Waals surface area contributed by atoms with Crippen LogP contribution in [0.25, 0.3) is 0 Å². The quantitative estimate of drug-likeness (QED) is 0.693. The van der Waals surface area contributed by atoms with Gasteiger partial charge in [0.25, 0.3) is 0 Å². The van der Waals surface area contributed by atoms with Gasteiger partial charge in [0.1, 0.15) is 0 Å². The van der Waals surface area contributed by atoms with E-state index in [9.17, 15) is 4.79 Å². The van der Waals surface area contributed by atoms with Crippen molar-refractivity contribution in [3.63, 3.8) is 0 Å². The molecule has 0 aromatic rings. The standard InChI is InChI=1S/C11H20N2O2.C2H6/c1-12-4-2-10(3-5-12)11(14)13-6-8-15-9-7-13;1-2/h10H,2-9H2,1H3;1-2H3. The van der Waals surface area contributed by atoms with Gasteiger partial charge in [-0.25, -0.2) is 0 Å². The Labute approximate surface area is 105 Å². The first kappa shape index (κ1) is 14.5. The van der Waals surface area contributed by atoms with Gasteiger partial charge in [-0.15, -0.1) is 0 Å². The minimum absolute atomic E-state index is 0.263. The van der Waals surface area contributed by atoms with Gasteiger partial charge in [-0.2, -0.15) is 0 Å². The van der Waals surface area contributed by atoms with Gasteiger partial charge in [0.05, 0.1) is 13.2 Å². The summed E-state index contributed by atoms with van der Waals surface area (Å²) in [4.78, 5) is 16.4. The summed E-state index contributed by atoms with van der Waals surface area (Å²) in [5, 5.41) is 0. The number of nitrogens with zero attached hydrogens (tertiary/aromatic N) is 2. The van der Waals surface area contributed by atoms with Crippen molar-refractivity contribution in [2.24, 2.45) is 5.92 Å². The van der Waals surface area contributed by atoms with Gasteiger partial charge < -0.3 is 14.5 Å². The summed E-state index contributed by atoms with van der Waals surface area (Å²) < 4.78 is 5.25. The maximum Gasteiger partial charge on any atom is 0.225 e. The SMILES string of the molecule is CC.CN1CCC(C(=O)N2CCOCC2)CC1. The molecule has 2 aliphatic rings. The van der Waals surface area contributed by atoms with Crippen LogP contribution in [-0.4, -0.2) is 62.1 Å². The number of rotatable bonds is 1. The Morgan fingerprint density at radius 2 is 1.59 bits per heavy atom. The van der Waals surface area contributed by atoms with Crippen molar-refractivity contribution in [2.75, 3.05) is 46.4 Å². The molecule has 2 saturated heterocycles. The first-order valence-electron chi connectivity index (χ1n) is 6.82. The monoisotopic (exact) mass is 242 g/mol. The van der Waals surface area contributed by atoms with E-state index in [-0.39, 0.29) is 5.92 Å². The molecule has 2 fully saturated rings. The molecule has 0 radical (unpaired) electrons. The van der Waals surface area contributed by atoms with E-state index in [1.165, 1.54) is 0 Å². The number of likely N-dealkylation sites (tertiary alicyclic amines) is 1. The molecule has 4 heteroatoms. The molecule has 0 saturated carbocycles. The Morgan fingerprint density at radius 1 is 1.06 bits per heavy atom. The zero-order valence-electron chi connectivity index (χ0n) is 11.4. The van der Waals surface area contributed by atoms with Crippen LogP contribution in [0.4, 0.5) is 0 Å². The molecule has 2 heterocycles. The van der Waals surface area contributed by atoms with E-state index < -0.39 is 0 Å². The molecular weight excluding hydrogens is 216 g/mol. The highest BCUT2D eigenvalue weighted by Crippen LogP contribution is 2.19. The highest BCUT2D eigenvalue weighted by Gasteiger charge is 2.28. The third-order valence-electron chi connectivity index (χ3n) is 3.39. The van der Waals surface area contributed by atoms with Gasteiger partial charge >= 0.3 is 0 Å². The van der Waals surface area contributed by atoms with Crippen LogP contribution >= 0.6 is 0 Å². The average molecular weight is 242 g/mol. The minimum atomic E-state index is 0.263. The molecule has 0 N–H and O–H groups in total. The number of carbonyl (C=O) groups excluding carboxylic acids is 1. The van der Waals surface area contributed by atoms with Gasteiger partial charge in [-0.1, -0.05) is 13.8 Å². The number of morpholine rings is 1. The fourth-order valence-corrected chi connectivity index (χ4v) is 2.30. The zero-order valence-corrected chi connectivity index (χ0v) is 11.4. The first-order chi connectivity index (χ1) is 8.27. The van der Waals surface area contributed by atoms with Crippen LogP contribution in [0.1, 0.15) is 26.7 Å². The van der Waals surface area contributed by atoms with Crippen molar-refractivity contribution >= 4 is 5.91 Å². The Hall–Kier alpha value is -0.610. The molecule has 2 rings (SSSR count). The smallest absolute Gasteiger partial charge is 0.225 e. The van der Waals surface area contributed by atoms with Crippen LogP contribution in [0, 0.1) is 5.92 Å². The lowest BCUT2D eigenvalue weighted by molar-refractivity contribution is -0.141. The largest absolute Gasteiger partial charge is 0.378 e. The molecule has 100 valence electrons. The summed E-state index contributed by atoms with van der Waals surface area (Å²) >= 11 is 0. The lowest BCUT2D eigenvalue weighted by Crippen LogP contribution is -2.46. The molecule has 0 aromatic carbocycles. The number of hydrogen-bond donors (Lipinski definition) is 0. The number of hydrogen-bond acceptors (Lipinski definition) is 3. The average Bonchev–Trinajstić information content (AvgIpc) is 2.42. The second kappa shape index (κ2) is 7.67. The summed E-state index contributed by atoms with van der Waals surface area (Å²) in [6.45, 7) is 9.09. The molecule has 0 aromatic heterocycles. The Balaban J connectivity index is 0.000000686. The number of piperidine rings is 1. The lowest BCUT2D eigenvalue weighted by atomic mass is 9.95. The van der Waals surface area contributed by atoms with Crippen LogP contribution in [0.15, 0.2) is 0 Å². The summed E-state index contributed by atoms with van der Waals surface area (Å²) in [7, 11) is 2.12. The molecule has 1 amide bonds. The van der Waals surface area contributed by atoms with E-state index >= 15 is 0 Å². The van der Waals surface area contributed by atoms with Gasteiger partial charge in [0, 0.05) is 19.0 Å². The number of amides is 1. The van der Waals surface area contributed by atoms with Crippen molar-refractivity contribution < 1.29 is 9.53 Å². The van der Waals surface area contributed by atoms with Gasteiger partial charge in [0.2, 0.25) is 5.91 Å². The second-order valence-corrected chi connectivity index (χ2v) is 4.52. The molecule has 0 aliphatic carbocycles. The van der Waals surface area contributed by atoms with E-state index in [4.69, 9.17) is 4.74 Å². The molecule has 0 atom stereocenters. The normalized spacial score (nSPS) is 22.9. The van der Waals surface area contributed by atoms with Crippen molar-refractivity contribution in [3.05, 3.63) is 0 Å². The predicted molar refractivity (Wildman–Crippen MR) is 69.0 cm³/mol. The van der Waals surface area contributed by atoms with Crippen molar-refractivity contribution in [1.29, 1.82) is 0 Å². The van der Waals surface area contributed by atoms with Crippen LogP contribution < -0.4 is 0 Å². The van der Waals surface area contributed by atoms with Gasteiger partial charge in [-0.3, -0.25) is 4.79 Å². The molecule has 0 spiro atoms. The Kier molecular flexibility index (Phi) is 6.52. The van der Waals surface area contributed by atoms with E-state index in [1.807, 2.05) is 18.7 Å². The summed E-state index contributed by atoms with van der Waals surface area (Å²) in [5.74, 6) is 0.616. The molecular formula is C13H26N2O2.